The van der Waals surface area contributed by atoms with Gasteiger partial charge >= 0.3 is 0 Å². The standard InChI is InChI=1S/C14H20N6O4/c1-3-15-11-7-12(18-5-17-11)20(6-19-7)14-9(22)8(21)10(24-14)13(23)16-4-2/h5-6,8-10,14,21-22H,3-4H2,1-2H3,(H,16,23)(H,15,17,18). The van der Waals surface area contributed by atoms with E-state index in [-0.39, 0.29) is 0 Å². The highest BCUT2D eigenvalue weighted by Crippen LogP contribution is 2.32. The Morgan fingerprint density at radius 2 is 2.04 bits per heavy atom. The molecule has 4 N–H and O–H groups in total. The van der Waals surface area contributed by atoms with Crippen LogP contribution < -0.4 is 10.6 Å². The van der Waals surface area contributed by atoms with E-state index in [0.29, 0.717) is 30.1 Å². The Morgan fingerprint density at radius 1 is 1.25 bits per heavy atom. The number of imidazole rings is 1. The fraction of sp³-hybridized carbons (Fsp3) is 0.571. The second-order valence-corrected chi connectivity index (χ2v) is 5.40. The van der Waals surface area contributed by atoms with E-state index in [9.17, 15) is 15.0 Å². The Labute approximate surface area is 137 Å². The van der Waals surface area contributed by atoms with Gasteiger partial charge in [0, 0.05) is 13.1 Å². The molecule has 4 unspecified atom stereocenters. The quantitative estimate of drug-likeness (QED) is 0.547. The number of amides is 1. The summed E-state index contributed by atoms with van der Waals surface area (Å²) in [5.41, 5.74) is 0.958. The van der Waals surface area contributed by atoms with Crippen LogP contribution in [0.15, 0.2) is 12.7 Å². The van der Waals surface area contributed by atoms with Crippen molar-refractivity contribution >= 4 is 22.9 Å². The molecule has 0 radical (unpaired) electrons. The van der Waals surface area contributed by atoms with E-state index >= 15 is 0 Å². The van der Waals surface area contributed by atoms with Gasteiger partial charge in [-0.15, -0.1) is 0 Å². The zero-order valence-corrected chi connectivity index (χ0v) is 13.4. The molecule has 4 atom stereocenters. The minimum absolute atomic E-state index is 0.402. The summed E-state index contributed by atoms with van der Waals surface area (Å²) in [4.78, 5) is 24.5. The summed E-state index contributed by atoms with van der Waals surface area (Å²) in [5, 5.41) is 26.1. The van der Waals surface area contributed by atoms with E-state index in [1.165, 1.54) is 17.2 Å². The molecule has 2 aromatic rings. The number of nitrogens with zero attached hydrogens (tertiary/aromatic N) is 4. The summed E-state index contributed by atoms with van der Waals surface area (Å²) in [7, 11) is 0. The number of carbonyl (C=O) groups excluding carboxylic acids is 1. The molecule has 1 amide bonds. The van der Waals surface area contributed by atoms with Crippen LogP contribution in [0, 0.1) is 0 Å². The van der Waals surface area contributed by atoms with E-state index < -0.39 is 30.4 Å². The summed E-state index contributed by atoms with van der Waals surface area (Å²) in [5.74, 6) is 0.0912. The molecule has 2 aromatic heterocycles. The molecule has 3 heterocycles. The maximum Gasteiger partial charge on any atom is 0.252 e. The molecule has 1 aliphatic rings. The summed E-state index contributed by atoms with van der Waals surface area (Å²) in [6, 6.07) is 0. The molecule has 10 heteroatoms. The number of rotatable bonds is 5. The Morgan fingerprint density at radius 3 is 2.75 bits per heavy atom. The van der Waals surface area contributed by atoms with Gasteiger partial charge in [-0.25, -0.2) is 15.0 Å². The van der Waals surface area contributed by atoms with Crippen LogP contribution in [0.5, 0.6) is 0 Å². The Bertz CT molecular complexity index is 735. The predicted molar refractivity (Wildman–Crippen MR) is 84.1 cm³/mol. The van der Waals surface area contributed by atoms with Crippen molar-refractivity contribution in [1.82, 2.24) is 24.8 Å². The lowest BCUT2D eigenvalue weighted by Crippen LogP contribution is -2.42. The molecule has 0 aliphatic carbocycles. The number of anilines is 1. The van der Waals surface area contributed by atoms with Gasteiger partial charge in [-0.3, -0.25) is 9.36 Å². The van der Waals surface area contributed by atoms with Crippen molar-refractivity contribution in [2.24, 2.45) is 0 Å². The lowest BCUT2D eigenvalue weighted by Gasteiger charge is -2.16. The van der Waals surface area contributed by atoms with Gasteiger partial charge in [0.1, 0.15) is 18.5 Å². The van der Waals surface area contributed by atoms with Gasteiger partial charge in [0.05, 0.1) is 6.33 Å². The molecule has 0 saturated carbocycles. The number of aliphatic hydroxyl groups is 2. The molecule has 0 spiro atoms. The van der Waals surface area contributed by atoms with Gasteiger partial charge in [-0.2, -0.15) is 0 Å². The highest BCUT2D eigenvalue weighted by molar-refractivity contribution is 5.83. The molecule has 24 heavy (non-hydrogen) atoms. The van der Waals surface area contributed by atoms with E-state index in [1.807, 2.05) is 6.92 Å². The van der Waals surface area contributed by atoms with Crippen molar-refractivity contribution in [3.8, 4) is 0 Å². The topological polar surface area (TPSA) is 134 Å². The average Bonchev–Trinajstić information content (AvgIpc) is 3.11. The molecule has 1 aliphatic heterocycles. The number of fused-ring (bicyclic) bond motifs is 1. The predicted octanol–water partition coefficient (Wildman–Crippen LogP) is -0.987. The summed E-state index contributed by atoms with van der Waals surface area (Å²) in [6.07, 6.45) is -1.93. The number of carbonyl (C=O) groups is 1. The summed E-state index contributed by atoms with van der Waals surface area (Å²) < 4.78 is 7.07. The van der Waals surface area contributed by atoms with Gasteiger partial charge in [0.15, 0.2) is 29.3 Å². The van der Waals surface area contributed by atoms with E-state index in [1.54, 1.807) is 6.92 Å². The highest BCUT2D eigenvalue weighted by atomic mass is 16.6. The fourth-order valence-corrected chi connectivity index (χ4v) is 2.72. The van der Waals surface area contributed by atoms with E-state index in [4.69, 9.17) is 4.74 Å². The minimum Gasteiger partial charge on any atom is -0.387 e. The van der Waals surface area contributed by atoms with Crippen LogP contribution >= 0.6 is 0 Å². The Hall–Kier alpha value is -2.30. The number of ether oxygens (including phenoxy) is 1. The molecular formula is C14H20N6O4. The molecule has 130 valence electrons. The van der Waals surface area contributed by atoms with Crippen LogP contribution in [0.4, 0.5) is 5.82 Å². The maximum atomic E-state index is 12.0. The van der Waals surface area contributed by atoms with Crippen LogP contribution in [-0.4, -0.2) is 67.0 Å². The van der Waals surface area contributed by atoms with E-state index in [2.05, 4.69) is 25.6 Å². The van der Waals surface area contributed by atoms with Crippen LogP contribution in [-0.2, 0) is 9.53 Å². The van der Waals surface area contributed by atoms with Crippen molar-refractivity contribution in [2.45, 2.75) is 38.4 Å². The van der Waals surface area contributed by atoms with Crippen LogP contribution in [0.25, 0.3) is 11.2 Å². The minimum atomic E-state index is -1.34. The number of likely N-dealkylation sites (N-methyl/N-ethyl adjacent to an activating group) is 1. The first kappa shape index (κ1) is 16.6. The lowest BCUT2D eigenvalue weighted by atomic mass is 10.1. The lowest BCUT2D eigenvalue weighted by molar-refractivity contribution is -0.137. The van der Waals surface area contributed by atoms with Gasteiger partial charge in [0.2, 0.25) is 0 Å². The summed E-state index contributed by atoms with van der Waals surface area (Å²) in [6.45, 7) is 4.76. The third-order valence-electron chi connectivity index (χ3n) is 3.82. The second kappa shape index (κ2) is 6.67. The molecule has 10 nitrogen and oxygen atoms in total. The average molecular weight is 336 g/mol. The number of hydrogen-bond acceptors (Lipinski definition) is 8. The van der Waals surface area contributed by atoms with Crippen LogP contribution in [0.1, 0.15) is 20.1 Å². The van der Waals surface area contributed by atoms with Gasteiger partial charge in [-0.05, 0) is 13.8 Å². The van der Waals surface area contributed by atoms with Crippen molar-refractivity contribution < 1.29 is 19.7 Å². The zero-order valence-electron chi connectivity index (χ0n) is 13.4. The first-order chi connectivity index (χ1) is 11.6. The SMILES string of the molecule is CCNC(=O)C1OC(n2cnc3c(NCC)ncnc32)C(O)C1O. The second-order valence-electron chi connectivity index (χ2n) is 5.40. The number of hydrogen-bond donors (Lipinski definition) is 4. The number of nitrogens with one attached hydrogen (secondary N) is 2. The van der Waals surface area contributed by atoms with Crippen LogP contribution in [0.2, 0.25) is 0 Å². The Kier molecular flexibility index (Phi) is 4.60. The molecular weight excluding hydrogens is 316 g/mol. The molecule has 0 aromatic carbocycles. The number of aliphatic hydroxyl groups excluding tert-OH is 2. The molecule has 0 bridgehead atoms. The van der Waals surface area contributed by atoms with Gasteiger partial charge in [-0.1, -0.05) is 0 Å². The van der Waals surface area contributed by atoms with Crippen LogP contribution in [0.3, 0.4) is 0 Å². The number of aromatic nitrogens is 4. The largest absolute Gasteiger partial charge is 0.387 e. The maximum absolute atomic E-state index is 12.0. The summed E-state index contributed by atoms with van der Waals surface area (Å²) >= 11 is 0. The first-order valence-corrected chi connectivity index (χ1v) is 7.79. The van der Waals surface area contributed by atoms with Gasteiger partial charge < -0.3 is 25.6 Å². The van der Waals surface area contributed by atoms with Crippen molar-refractivity contribution in [2.75, 3.05) is 18.4 Å². The molecule has 1 fully saturated rings. The fourth-order valence-electron chi connectivity index (χ4n) is 2.72. The molecule has 3 rings (SSSR count). The first-order valence-electron chi connectivity index (χ1n) is 7.79. The monoisotopic (exact) mass is 336 g/mol. The highest BCUT2D eigenvalue weighted by Gasteiger charge is 2.47. The van der Waals surface area contributed by atoms with Crippen molar-refractivity contribution in [3.63, 3.8) is 0 Å². The van der Waals surface area contributed by atoms with Crippen molar-refractivity contribution in [3.05, 3.63) is 12.7 Å². The third-order valence-corrected chi connectivity index (χ3v) is 3.82. The normalized spacial score (nSPS) is 26.7. The third kappa shape index (κ3) is 2.68. The molecule has 1 saturated heterocycles. The van der Waals surface area contributed by atoms with Gasteiger partial charge in [0.25, 0.3) is 5.91 Å². The zero-order chi connectivity index (χ0) is 17.3. The smallest absolute Gasteiger partial charge is 0.252 e. The Balaban J connectivity index is 1.93. The van der Waals surface area contributed by atoms with E-state index in [0.717, 1.165) is 0 Å². The van der Waals surface area contributed by atoms with Crippen molar-refractivity contribution in [1.29, 1.82) is 0 Å².